The van der Waals surface area contributed by atoms with Gasteiger partial charge in [0, 0.05) is 13.1 Å². The molecule has 8 nitrogen and oxygen atoms in total. The third-order valence-corrected chi connectivity index (χ3v) is 6.36. The minimum atomic E-state index is -4.07. The summed E-state index contributed by atoms with van der Waals surface area (Å²) in [6.45, 7) is 4.69. The molecule has 2 aliphatic heterocycles. The summed E-state index contributed by atoms with van der Waals surface area (Å²) >= 11 is 0. The normalized spacial score (nSPS) is 19.3. The van der Waals surface area contributed by atoms with Crippen LogP contribution in [0.5, 0.6) is 0 Å². The second kappa shape index (κ2) is 7.67. The van der Waals surface area contributed by atoms with Crippen LogP contribution in [-0.2, 0) is 24.2 Å². The van der Waals surface area contributed by atoms with Gasteiger partial charge in [0.1, 0.15) is 6.04 Å². The lowest BCUT2D eigenvalue weighted by Gasteiger charge is -2.32. The first-order valence-electron chi connectivity index (χ1n) is 9.09. The van der Waals surface area contributed by atoms with Gasteiger partial charge in [-0.1, -0.05) is 19.1 Å². The highest BCUT2D eigenvalue weighted by molar-refractivity contribution is 8.08. The van der Waals surface area contributed by atoms with E-state index in [1.807, 2.05) is 0 Å². The number of ether oxygens (including phenoxy) is 1. The largest absolute Gasteiger partial charge is 0.464 e. The number of fused-ring (bicyclic) bond motifs is 1. The molecule has 0 bridgehead atoms. The number of amides is 1. The number of para-hydroxylation sites is 1. The Balaban J connectivity index is 2.11. The van der Waals surface area contributed by atoms with Crippen molar-refractivity contribution in [2.24, 2.45) is 5.10 Å². The Bertz CT molecular complexity index is 875. The average molecular weight is 393 g/mol. The molecule has 1 atom stereocenters. The number of hydrazone groups is 1. The SMILES string of the molecule is CCOC(=O)[C@@H](CC)N1N=C(C(=O)N2CCCC2)S(=O)(=O)c2ccccc21. The topological polar surface area (TPSA) is 96.3 Å². The Morgan fingerprint density at radius 1 is 1.19 bits per heavy atom. The zero-order valence-electron chi connectivity index (χ0n) is 15.4. The Morgan fingerprint density at radius 2 is 1.85 bits per heavy atom. The van der Waals surface area contributed by atoms with E-state index < -0.39 is 32.8 Å². The second-order valence-electron chi connectivity index (χ2n) is 6.40. The summed E-state index contributed by atoms with van der Waals surface area (Å²) in [7, 11) is -4.07. The van der Waals surface area contributed by atoms with Gasteiger partial charge in [0.2, 0.25) is 14.9 Å². The molecule has 27 heavy (non-hydrogen) atoms. The first-order chi connectivity index (χ1) is 12.9. The summed E-state index contributed by atoms with van der Waals surface area (Å²) in [6.07, 6.45) is 2.02. The first-order valence-corrected chi connectivity index (χ1v) is 10.6. The van der Waals surface area contributed by atoms with E-state index in [0.717, 1.165) is 12.8 Å². The summed E-state index contributed by atoms with van der Waals surface area (Å²) in [5, 5.41) is 4.95. The monoisotopic (exact) mass is 393 g/mol. The number of nitrogens with zero attached hydrogens (tertiary/aromatic N) is 3. The molecular weight excluding hydrogens is 370 g/mol. The standard InChI is InChI=1S/C18H23N3O5S/c1-3-13(18(23)26-4-2)21-14-9-5-6-10-15(14)27(24,25)16(19-21)17(22)20-11-7-8-12-20/h5-6,9-10,13H,3-4,7-8,11-12H2,1-2H3/t13-/m1/s1. The summed E-state index contributed by atoms with van der Waals surface area (Å²) in [6, 6.07) is 5.45. The van der Waals surface area contributed by atoms with Crippen molar-refractivity contribution in [2.75, 3.05) is 24.7 Å². The van der Waals surface area contributed by atoms with E-state index in [1.54, 1.807) is 32.0 Å². The lowest BCUT2D eigenvalue weighted by molar-refractivity contribution is -0.144. The number of carbonyl (C=O) groups is 2. The van der Waals surface area contributed by atoms with Crippen LogP contribution in [0.4, 0.5) is 5.69 Å². The van der Waals surface area contributed by atoms with Crippen LogP contribution in [0.1, 0.15) is 33.1 Å². The van der Waals surface area contributed by atoms with Gasteiger partial charge in [0.05, 0.1) is 17.2 Å². The van der Waals surface area contributed by atoms with Crippen molar-refractivity contribution in [1.82, 2.24) is 4.90 Å². The lowest BCUT2D eigenvalue weighted by atomic mass is 10.2. The number of hydrogen-bond donors (Lipinski definition) is 0. The smallest absolute Gasteiger partial charge is 0.330 e. The second-order valence-corrected chi connectivity index (χ2v) is 8.23. The van der Waals surface area contributed by atoms with Crippen molar-refractivity contribution in [3.63, 3.8) is 0 Å². The van der Waals surface area contributed by atoms with E-state index in [1.165, 1.54) is 16.0 Å². The van der Waals surface area contributed by atoms with Crippen LogP contribution in [0.2, 0.25) is 0 Å². The molecule has 0 spiro atoms. The molecule has 1 fully saturated rings. The average Bonchev–Trinajstić information content (AvgIpc) is 3.18. The predicted molar refractivity (Wildman–Crippen MR) is 100 cm³/mol. The van der Waals surface area contributed by atoms with Crippen LogP contribution in [0.15, 0.2) is 34.3 Å². The predicted octanol–water partition coefficient (Wildman–Crippen LogP) is 1.56. The molecule has 0 aromatic heterocycles. The van der Waals surface area contributed by atoms with Gasteiger partial charge < -0.3 is 9.64 Å². The van der Waals surface area contributed by atoms with Crippen LogP contribution in [-0.4, -0.2) is 56.0 Å². The minimum absolute atomic E-state index is 0.0229. The highest BCUT2D eigenvalue weighted by atomic mass is 32.2. The van der Waals surface area contributed by atoms with E-state index in [4.69, 9.17) is 4.74 Å². The van der Waals surface area contributed by atoms with Crippen molar-refractivity contribution in [3.05, 3.63) is 24.3 Å². The highest BCUT2D eigenvalue weighted by Gasteiger charge is 2.42. The summed E-state index contributed by atoms with van der Waals surface area (Å²) in [5.41, 5.74) is 0.273. The molecule has 2 heterocycles. The molecule has 1 saturated heterocycles. The van der Waals surface area contributed by atoms with Crippen LogP contribution in [0, 0.1) is 0 Å². The van der Waals surface area contributed by atoms with E-state index in [-0.39, 0.29) is 17.2 Å². The fourth-order valence-corrected chi connectivity index (χ4v) is 4.77. The van der Waals surface area contributed by atoms with Gasteiger partial charge >= 0.3 is 5.97 Å². The molecule has 0 saturated carbocycles. The molecule has 3 rings (SSSR count). The Morgan fingerprint density at radius 3 is 2.48 bits per heavy atom. The third kappa shape index (κ3) is 3.43. The van der Waals surface area contributed by atoms with Gasteiger partial charge in [-0.05, 0) is 38.3 Å². The van der Waals surface area contributed by atoms with Gasteiger partial charge in [-0.2, -0.15) is 5.10 Å². The van der Waals surface area contributed by atoms with Crippen LogP contribution >= 0.6 is 0 Å². The van der Waals surface area contributed by atoms with E-state index in [2.05, 4.69) is 5.10 Å². The van der Waals surface area contributed by atoms with Gasteiger partial charge in [-0.3, -0.25) is 4.79 Å². The third-order valence-electron chi connectivity index (χ3n) is 4.67. The molecule has 0 aliphatic carbocycles. The Hall–Kier alpha value is -2.42. The molecule has 146 valence electrons. The zero-order valence-corrected chi connectivity index (χ0v) is 16.2. The van der Waals surface area contributed by atoms with Crippen LogP contribution < -0.4 is 5.01 Å². The summed E-state index contributed by atoms with van der Waals surface area (Å²) in [5.74, 6) is -1.13. The quantitative estimate of drug-likeness (QED) is 0.705. The Kier molecular flexibility index (Phi) is 5.50. The van der Waals surface area contributed by atoms with Gasteiger partial charge in [0.25, 0.3) is 5.91 Å². The van der Waals surface area contributed by atoms with E-state index in [9.17, 15) is 18.0 Å². The Labute approximate surface area is 158 Å². The van der Waals surface area contributed by atoms with Crippen molar-refractivity contribution in [3.8, 4) is 0 Å². The molecule has 0 radical (unpaired) electrons. The van der Waals surface area contributed by atoms with Gasteiger partial charge in [-0.15, -0.1) is 0 Å². The summed E-state index contributed by atoms with van der Waals surface area (Å²) in [4.78, 5) is 26.7. The van der Waals surface area contributed by atoms with Crippen molar-refractivity contribution in [2.45, 2.75) is 44.0 Å². The maximum absolute atomic E-state index is 13.0. The van der Waals surface area contributed by atoms with Crippen LogP contribution in [0.25, 0.3) is 0 Å². The van der Waals surface area contributed by atoms with Gasteiger partial charge in [-0.25, -0.2) is 18.2 Å². The number of carbonyl (C=O) groups excluding carboxylic acids is 2. The number of hydrogen-bond acceptors (Lipinski definition) is 7. The molecule has 0 N–H and O–H groups in total. The number of benzene rings is 1. The van der Waals surface area contributed by atoms with Crippen molar-refractivity contribution >= 4 is 32.4 Å². The maximum Gasteiger partial charge on any atom is 0.330 e. The molecule has 2 aliphatic rings. The van der Waals surface area contributed by atoms with E-state index >= 15 is 0 Å². The molecule has 1 aromatic carbocycles. The molecule has 0 unspecified atom stereocenters. The number of likely N-dealkylation sites (tertiary alicyclic amines) is 1. The highest BCUT2D eigenvalue weighted by Crippen LogP contribution is 2.34. The fraction of sp³-hybridized carbons (Fsp3) is 0.500. The van der Waals surface area contributed by atoms with Gasteiger partial charge in [0.15, 0.2) is 0 Å². The number of rotatable bonds is 5. The molecule has 9 heteroatoms. The first kappa shape index (κ1) is 19.3. The maximum atomic E-state index is 13.0. The number of esters is 1. The van der Waals surface area contributed by atoms with E-state index in [0.29, 0.717) is 19.5 Å². The molecule has 1 amide bonds. The summed E-state index contributed by atoms with van der Waals surface area (Å²) < 4.78 is 31.2. The minimum Gasteiger partial charge on any atom is -0.464 e. The van der Waals surface area contributed by atoms with Crippen molar-refractivity contribution < 1.29 is 22.7 Å². The molecule has 1 aromatic rings. The van der Waals surface area contributed by atoms with Crippen molar-refractivity contribution in [1.29, 1.82) is 0 Å². The van der Waals surface area contributed by atoms with Crippen LogP contribution in [0.3, 0.4) is 0 Å². The number of sulfone groups is 1. The molecular formula is C18H23N3O5S. The zero-order chi connectivity index (χ0) is 19.6. The number of anilines is 1. The fourth-order valence-electron chi connectivity index (χ4n) is 3.31. The lowest BCUT2D eigenvalue weighted by Crippen LogP contribution is -2.47.